The second-order valence-corrected chi connectivity index (χ2v) is 7.95. The normalized spacial score (nSPS) is 13.9. The number of methoxy groups -OCH3 is 1. The van der Waals surface area contributed by atoms with E-state index in [1.807, 2.05) is 4.90 Å². The number of nitrogens with one attached hydrogen (secondary N) is 1. The van der Waals surface area contributed by atoms with E-state index in [1.165, 1.54) is 67.4 Å². The fraction of sp³-hybridized carbons (Fsp3) is 0.200. The highest BCUT2D eigenvalue weighted by Gasteiger charge is 2.26. The predicted octanol–water partition coefficient (Wildman–Crippen LogP) is 2.77. The second-order valence-electron chi connectivity index (χ2n) is 7.95. The Bertz CT molecular complexity index is 1270. The van der Waals surface area contributed by atoms with Crippen LogP contribution in [0.3, 0.4) is 0 Å². The summed E-state index contributed by atoms with van der Waals surface area (Å²) in [5, 5.41) is 8.71. The Kier molecular flexibility index (Phi) is 7.50. The van der Waals surface area contributed by atoms with Crippen LogP contribution >= 0.6 is 0 Å². The van der Waals surface area contributed by atoms with Crippen LogP contribution in [0, 0.1) is 11.6 Å². The summed E-state index contributed by atoms with van der Waals surface area (Å²) in [6, 6.07) is 9.87. The van der Waals surface area contributed by atoms with Crippen molar-refractivity contribution in [2.45, 2.75) is 0 Å². The summed E-state index contributed by atoms with van der Waals surface area (Å²) in [5.74, 6) is -1.48. The SMILES string of the molecule is COc1cc(C=C(C(=O)N2CCN(c3ncc(C(=O)NO)cn3)CC2)c2ccc(F)cc2)ccc1F. The molecule has 1 aliphatic rings. The number of rotatable bonds is 6. The summed E-state index contributed by atoms with van der Waals surface area (Å²) in [5.41, 5.74) is 3.04. The highest BCUT2D eigenvalue weighted by Crippen LogP contribution is 2.26. The minimum atomic E-state index is -0.712. The number of aromatic nitrogens is 2. The van der Waals surface area contributed by atoms with Gasteiger partial charge < -0.3 is 14.5 Å². The molecule has 2 N–H and O–H groups in total. The quantitative estimate of drug-likeness (QED) is 0.234. The number of amides is 2. The maximum Gasteiger partial charge on any atom is 0.277 e. The van der Waals surface area contributed by atoms with Gasteiger partial charge in [0.2, 0.25) is 5.95 Å². The minimum Gasteiger partial charge on any atom is -0.494 e. The van der Waals surface area contributed by atoms with Crippen LogP contribution in [-0.2, 0) is 4.79 Å². The van der Waals surface area contributed by atoms with Crippen LogP contribution in [0.1, 0.15) is 21.5 Å². The van der Waals surface area contributed by atoms with Crippen molar-refractivity contribution in [2.75, 3.05) is 38.2 Å². The number of hydrogen-bond acceptors (Lipinski definition) is 7. The van der Waals surface area contributed by atoms with Crippen LogP contribution in [0.15, 0.2) is 54.9 Å². The summed E-state index contributed by atoms with van der Waals surface area (Å²) in [6.07, 6.45) is 4.23. The molecule has 3 aromatic rings. The first-order valence-electron chi connectivity index (χ1n) is 11.0. The van der Waals surface area contributed by atoms with Crippen molar-refractivity contribution >= 4 is 29.4 Å². The predicted molar refractivity (Wildman–Crippen MR) is 127 cm³/mol. The van der Waals surface area contributed by atoms with Gasteiger partial charge in [-0.1, -0.05) is 18.2 Å². The van der Waals surface area contributed by atoms with Crippen molar-refractivity contribution in [3.05, 3.63) is 83.2 Å². The average molecular weight is 495 g/mol. The van der Waals surface area contributed by atoms with Gasteiger partial charge in [-0.15, -0.1) is 0 Å². The molecule has 2 amide bonds. The van der Waals surface area contributed by atoms with Gasteiger partial charge in [0, 0.05) is 44.1 Å². The van der Waals surface area contributed by atoms with Crippen LogP contribution in [0.25, 0.3) is 11.6 Å². The molecule has 0 bridgehead atoms. The maximum absolute atomic E-state index is 13.9. The Hall–Kier alpha value is -4.38. The summed E-state index contributed by atoms with van der Waals surface area (Å²) in [4.78, 5) is 36.9. The van der Waals surface area contributed by atoms with Gasteiger partial charge in [-0.05, 0) is 41.5 Å². The van der Waals surface area contributed by atoms with Crippen molar-refractivity contribution in [1.82, 2.24) is 20.3 Å². The number of carbonyl (C=O) groups excluding carboxylic acids is 2. The van der Waals surface area contributed by atoms with E-state index in [0.29, 0.717) is 48.8 Å². The molecule has 4 rings (SSSR count). The molecule has 1 aromatic heterocycles. The van der Waals surface area contributed by atoms with E-state index in [4.69, 9.17) is 9.94 Å². The van der Waals surface area contributed by atoms with Gasteiger partial charge in [-0.2, -0.15) is 0 Å². The second kappa shape index (κ2) is 10.9. The van der Waals surface area contributed by atoms with Crippen LogP contribution in [-0.4, -0.2) is 65.2 Å². The molecule has 36 heavy (non-hydrogen) atoms. The van der Waals surface area contributed by atoms with Crippen LogP contribution in [0.4, 0.5) is 14.7 Å². The van der Waals surface area contributed by atoms with Crippen LogP contribution < -0.4 is 15.1 Å². The number of halogens is 2. The zero-order valence-electron chi connectivity index (χ0n) is 19.3. The number of ether oxygens (including phenoxy) is 1. The van der Waals surface area contributed by atoms with Crippen molar-refractivity contribution in [2.24, 2.45) is 0 Å². The number of hydrogen-bond donors (Lipinski definition) is 2. The molecular weight excluding hydrogens is 472 g/mol. The molecule has 2 heterocycles. The van der Waals surface area contributed by atoms with Crippen LogP contribution in [0.2, 0.25) is 0 Å². The van der Waals surface area contributed by atoms with Crippen LogP contribution in [0.5, 0.6) is 5.75 Å². The molecule has 11 heteroatoms. The number of benzene rings is 2. The Morgan fingerprint density at radius 3 is 2.28 bits per heavy atom. The standard InChI is InChI=1S/C25H23F2N5O4/c1-36-22-13-16(2-7-21(22)27)12-20(17-3-5-19(26)6-4-17)24(34)31-8-10-32(11-9-31)25-28-14-18(15-29-25)23(33)30-35/h2-7,12-15,35H,8-11H2,1H3,(H,30,33). The van der Waals surface area contributed by atoms with Gasteiger partial charge in [-0.3, -0.25) is 14.8 Å². The van der Waals surface area contributed by atoms with Gasteiger partial charge in [0.25, 0.3) is 11.8 Å². The van der Waals surface area contributed by atoms with Crippen molar-refractivity contribution in [1.29, 1.82) is 0 Å². The highest BCUT2D eigenvalue weighted by atomic mass is 19.1. The molecule has 0 spiro atoms. The topological polar surface area (TPSA) is 108 Å². The molecule has 0 atom stereocenters. The first kappa shape index (κ1) is 24.7. The fourth-order valence-corrected chi connectivity index (χ4v) is 3.78. The van der Waals surface area contributed by atoms with E-state index in [-0.39, 0.29) is 17.2 Å². The molecular formula is C25H23F2N5O4. The number of anilines is 1. The van der Waals surface area contributed by atoms with Gasteiger partial charge in [0.1, 0.15) is 5.82 Å². The molecule has 1 aliphatic heterocycles. The number of piperazine rings is 1. The van der Waals surface area contributed by atoms with Gasteiger partial charge in [0.05, 0.1) is 12.7 Å². The number of carbonyl (C=O) groups is 2. The maximum atomic E-state index is 13.9. The van der Waals surface area contributed by atoms with Crippen molar-refractivity contribution in [3.8, 4) is 5.75 Å². The summed E-state index contributed by atoms with van der Waals surface area (Å²) >= 11 is 0. The Morgan fingerprint density at radius 2 is 1.67 bits per heavy atom. The third kappa shape index (κ3) is 5.47. The molecule has 0 aliphatic carbocycles. The minimum absolute atomic E-state index is 0.0470. The molecule has 9 nitrogen and oxygen atoms in total. The van der Waals surface area contributed by atoms with Gasteiger partial charge in [-0.25, -0.2) is 24.2 Å². The molecule has 0 unspecified atom stereocenters. The van der Waals surface area contributed by atoms with E-state index < -0.39 is 17.5 Å². The summed E-state index contributed by atoms with van der Waals surface area (Å²) < 4.78 is 32.5. The van der Waals surface area contributed by atoms with Crippen molar-refractivity contribution < 1.29 is 28.3 Å². The third-order valence-corrected chi connectivity index (χ3v) is 5.72. The monoisotopic (exact) mass is 495 g/mol. The Morgan fingerprint density at radius 1 is 1.00 bits per heavy atom. The lowest BCUT2D eigenvalue weighted by atomic mass is 10.0. The first-order chi connectivity index (χ1) is 17.4. The highest BCUT2D eigenvalue weighted by molar-refractivity contribution is 6.24. The molecule has 0 saturated carbocycles. The molecule has 1 saturated heterocycles. The third-order valence-electron chi connectivity index (χ3n) is 5.72. The van der Waals surface area contributed by atoms with E-state index in [2.05, 4.69) is 9.97 Å². The largest absolute Gasteiger partial charge is 0.494 e. The lowest BCUT2D eigenvalue weighted by molar-refractivity contribution is -0.125. The molecule has 186 valence electrons. The summed E-state index contributed by atoms with van der Waals surface area (Å²) in [7, 11) is 1.36. The summed E-state index contributed by atoms with van der Waals surface area (Å²) in [6.45, 7) is 1.62. The lowest BCUT2D eigenvalue weighted by Gasteiger charge is -2.35. The zero-order chi connectivity index (χ0) is 25.7. The van der Waals surface area contributed by atoms with Gasteiger partial charge >= 0.3 is 0 Å². The van der Waals surface area contributed by atoms with E-state index in [0.717, 1.165) is 0 Å². The van der Waals surface area contributed by atoms with Crippen molar-refractivity contribution in [3.63, 3.8) is 0 Å². The fourth-order valence-electron chi connectivity index (χ4n) is 3.78. The lowest BCUT2D eigenvalue weighted by Crippen LogP contribution is -2.49. The number of nitrogens with zero attached hydrogens (tertiary/aromatic N) is 4. The van der Waals surface area contributed by atoms with Gasteiger partial charge in [0.15, 0.2) is 11.6 Å². The first-order valence-corrected chi connectivity index (χ1v) is 11.0. The Labute approximate surface area is 205 Å². The molecule has 0 radical (unpaired) electrons. The average Bonchev–Trinajstić information content (AvgIpc) is 2.92. The Balaban J connectivity index is 1.54. The number of hydroxylamine groups is 1. The van der Waals surface area contributed by atoms with E-state index in [9.17, 15) is 18.4 Å². The molecule has 2 aromatic carbocycles. The molecule has 1 fully saturated rings. The zero-order valence-corrected chi connectivity index (χ0v) is 19.3. The van der Waals surface area contributed by atoms with E-state index >= 15 is 0 Å². The van der Waals surface area contributed by atoms with E-state index in [1.54, 1.807) is 11.0 Å². The smallest absolute Gasteiger partial charge is 0.277 e.